The van der Waals surface area contributed by atoms with Crippen LogP contribution in [0, 0.1) is 20.2 Å². The monoisotopic (exact) mass is 437 g/mol. The van der Waals surface area contributed by atoms with Crippen LogP contribution in [0.1, 0.15) is 10.4 Å². The van der Waals surface area contributed by atoms with Crippen LogP contribution in [-0.4, -0.2) is 41.5 Å². The van der Waals surface area contributed by atoms with Gasteiger partial charge in [0.15, 0.2) is 18.1 Å². The van der Waals surface area contributed by atoms with Crippen molar-refractivity contribution in [2.45, 2.75) is 0 Å². The first kappa shape index (κ1) is 20.8. The zero-order valence-corrected chi connectivity index (χ0v) is 15.7. The minimum Gasteiger partial charge on any atom is -0.486 e. The molecule has 156 valence electrons. The van der Waals surface area contributed by atoms with E-state index in [1.165, 1.54) is 6.07 Å². The summed E-state index contributed by atoms with van der Waals surface area (Å²) in [6.07, 6.45) is 0. The van der Waals surface area contributed by atoms with Gasteiger partial charge in [-0.05, 0) is 6.07 Å². The first-order chi connectivity index (χ1) is 14.3. The molecule has 0 spiro atoms. The highest BCUT2D eigenvalue weighted by Gasteiger charge is 2.27. The molecular weight excluding hydrogens is 426 g/mol. The normalized spacial score (nSPS) is 12.0. The maximum absolute atomic E-state index is 12.3. The Balaban J connectivity index is 1.69. The van der Waals surface area contributed by atoms with Gasteiger partial charge in [0.1, 0.15) is 18.8 Å². The first-order valence-corrected chi connectivity index (χ1v) is 8.63. The van der Waals surface area contributed by atoms with Gasteiger partial charge in [-0.1, -0.05) is 11.6 Å². The molecule has 2 aromatic carbocycles. The minimum absolute atomic E-state index is 0.0635. The number of esters is 1. The molecule has 13 heteroatoms. The number of hydrogen-bond acceptors (Lipinski definition) is 9. The van der Waals surface area contributed by atoms with E-state index in [2.05, 4.69) is 5.32 Å². The predicted molar refractivity (Wildman–Crippen MR) is 101 cm³/mol. The highest BCUT2D eigenvalue weighted by molar-refractivity contribution is 6.34. The standard InChI is InChI=1S/C17H12ClN3O9/c18-11-5-9(20(24)25)1-2-12(11)19-16(22)8-30-17(23)10-6-14-15(29-4-3-28-14)7-13(10)21(26)27/h1-2,5-7H,3-4,8H2,(H,19,22). The number of ether oxygens (including phenoxy) is 3. The average molecular weight is 438 g/mol. The Hall–Kier alpha value is -3.93. The Morgan fingerprint density at radius 3 is 2.33 bits per heavy atom. The number of anilines is 1. The fourth-order valence-electron chi connectivity index (χ4n) is 2.51. The third kappa shape index (κ3) is 4.55. The molecule has 3 rings (SSSR count). The summed E-state index contributed by atoms with van der Waals surface area (Å²) >= 11 is 5.87. The quantitative estimate of drug-likeness (QED) is 0.407. The number of benzene rings is 2. The number of nitro benzene ring substituents is 2. The molecule has 0 unspecified atom stereocenters. The molecule has 1 aliphatic heterocycles. The van der Waals surface area contributed by atoms with Gasteiger partial charge in [0.05, 0.1) is 26.6 Å². The van der Waals surface area contributed by atoms with Gasteiger partial charge < -0.3 is 19.5 Å². The van der Waals surface area contributed by atoms with Gasteiger partial charge in [0, 0.05) is 18.2 Å². The number of nitrogens with one attached hydrogen (secondary N) is 1. The maximum atomic E-state index is 12.3. The van der Waals surface area contributed by atoms with E-state index >= 15 is 0 Å². The molecule has 12 nitrogen and oxygen atoms in total. The van der Waals surface area contributed by atoms with Gasteiger partial charge in [-0.15, -0.1) is 0 Å². The molecule has 0 aromatic heterocycles. The number of carbonyl (C=O) groups is 2. The second-order valence-electron chi connectivity index (χ2n) is 5.82. The lowest BCUT2D eigenvalue weighted by molar-refractivity contribution is -0.385. The Kier molecular flexibility index (Phi) is 5.97. The number of hydrogen-bond donors (Lipinski definition) is 1. The van der Waals surface area contributed by atoms with Gasteiger partial charge >= 0.3 is 5.97 Å². The average Bonchev–Trinajstić information content (AvgIpc) is 2.72. The number of halogens is 1. The van der Waals surface area contributed by atoms with Crippen LogP contribution in [0.3, 0.4) is 0 Å². The number of amides is 1. The lowest BCUT2D eigenvalue weighted by atomic mass is 10.1. The third-order valence-corrected chi connectivity index (χ3v) is 4.16. The van der Waals surface area contributed by atoms with Crippen molar-refractivity contribution in [1.82, 2.24) is 0 Å². The molecule has 1 heterocycles. The summed E-state index contributed by atoms with van der Waals surface area (Å²) in [6.45, 7) is -0.366. The molecule has 0 aliphatic carbocycles. The summed E-state index contributed by atoms with van der Waals surface area (Å²) in [6, 6.07) is 5.54. The zero-order valence-electron chi connectivity index (χ0n) is 15.0. The van der Waals surface area contributed by atoms with E-state index in [4.69, 9.17) is 25.8 Å². The summed E-state index contributed by atoms with van der Waals surface area (Å²) in [4.78, 5) is 44.8. The number of rotatable bonds is 6. The molecule has 0 fully saturated rings. The molecule has 1 N–H and O–H groups in total. The summed E-state index contributed by atoms with van der Waals surface area (Å²) in [7, 11) is 0. The third-order valence-electron chi connectivity index (χ3n) is 3.85. The van der Waals surface area contributed by atoms with Crippen molar-refractivity contribution in [3.63, 3.8) is 0 Å². The Morgan fingerprint density at radius 1 is 1.07 bits per heavy atom. The molecule has 0 saturated carbocycles. The van der Waals surface area contributed by atoms with Crippen LogP contribution in [0.15, 0.2) is 30.3 Å². The first-order valence-electron chi connectivity index (χ1n) is 8.25. The second-order valence-corrected chi connectivity index (χ2v) is 6.22. The summed E-state index contributed by atoms with van der Waals surface area (Å²) in [5, 5.41) is 24.2. The number of fused-ring (bicyclic) bond motifs is 1. The fourth-order valence-corrected chi connectivity index (χ4v) is 2.73. The van der Waals surface area contributed by atoms with Crippen LogP contribution in [0.5, 0.6) is 11.5 Å². The molecular formula is C17H12ClN3O9. The molecule has 0 bridgehead atoms. The van der Waals surface area contributed by atoms with Gasteiger partial charge in [0.25, 0.3) is 17.3 Å². The molecule has 1 aliphatic rings. The van der Waals surface area contributed by atoms with E-state index in [0.717, 1.165) is 24.3 Å². The van der Waals surface area contributed by atoms with Crippen LogP contribution >= 0.6 is 11.6 Å². The smallest absolute Gasteiger partial charge is 0.345 e. The molecule has 0 atom stereocenters. The van der Waals surface area contributed by atoms with Crippen molar-refractivity contribution < 1.29 is 33.6 Å². The predicted octanol–water partition coefficient (Wildman–Crippen LogP) is 2.72. The van der Waals surface area contributed by atoms with E-state index in [1.807, 2.05) is 0 Å². The number of non-ortho nitro benzene ring substituents is 1. The highest BCUT2D eigenvalue weighted by atomic mass is 35.5. The molecule has 0 radical (unpaired) electrons. The molecule has 2 aromatic rings. The van der Waals surface area contributed by atoms with Gasteiger partial charge in [-0.3, -0.25) is 25.0 Å². The molecule has 1 amide bonds. The van der Waals surface area contributed by atoms with E-state index in [-0.39, 0.29) is 41.1 Å². The van der Waals surface area contributed by atoms with Crippen molar-refractivity contribution in [2.24, 2.45) is 0 Å². The van der Waals surface area contributed by atoms with Crippen LogP contribution in [0.25, 0.3) is 0 Å². The van der Waals surface area contributed by atoms with Gasteiger partial charge in [-0.2, -0.15) is 0 Å². The minimum atomic E-state index is -1.12. The largest absolute Gasteiger partial charge is 0.486 e. The van der Waals surface area contributed by atoms with Crippen LogP contribution < -0.4 is 14.8 Å². The number of nitrogens with zero attached hydrogens (tertiary/aromatic N) is 2. The van der Waals surface area contributed by atoms with Gasteiger partial charge in [-0.25, -0.2) is 4.79 Å². The van der Waals surface area contributed by atoms with E-state index in [0.29, 0.717) is 0 Å². The number of nitro groups is 2. The second kappa shape index (κ2) is 8.61. The van der Waals surface area contributed by atoms with Crippen molar-refractivity contribution >= 4 is 40.5 Å². The van der Waals surface area contributed by atoms with Crippen LogP contribution in [0.4, 0.5) is 17.1 Å². The van der Waals surface area contributed by atoms with Crippen molar-refractivity contribution in [3.05, 3.63) is 61.1 Å². The lowest BCUT2D eigenvalue weighted by Gasteiger charge is -2.18. The van der Waals surface area contributed by atoms with E-state index < -0.39 is 39.6 Å². The number of carbonyl (C=O) groups excluding carboxylic acids is 2. The summed E-state index contributed by atoms with van der Waals surface area (Å²) in [5.74, 6) is -1.67. The van der Waals surface area contributed by atoms with Crippen molar-refractivity contribution in [1.29, 1.82) is 0 Å². The van der Waals surface area contributed by atoms with Gasteiger partial charge in [0.2, 0.25) is 0 Å². The molecule has 30 heavy (non-hydrogen) atoms. The van der Waals surface area contributed by atoms with Crippen LogP contribution in [0.2, 0.25) is 5.02 Å². The fraction of sp³-hybridized carbons (Fsp3) is 0.176. The Bertz CT molecular complexity index is 1060. The highest BCUT2D eigenvalue weighted by Crippen LogP contribution is 2.37. The SMILES string of the molecule is O=C(COC(=O)c1cc2c(cc1[N+](=O)[O-])OCCO2)Nc1ccc([N+](=O)[O-])cc1Cl. The summed E-state index contributed by atoms with van der Waals surface area (Å²) in [5.41, 5.74) is -1.18. The van der Waals surface area contributed by atoms with Crippen LogP contribution in [-0.2, 0) is 9.53 Å². The van der Waals surface area contributed by atoms with Crippen molar-refractivity contribution in [2.75, 3.05) is 25.1 Å². The Morgan fingerprint density at radius 2 is 1.73 bits per heavy atom. The zero-order chi connectivity index (χ0) is 21.8. The topological polar surface area (TPSA) is 160 Å². The van der Waals surface area contributed by atoms with Crippen molar-refractivity contribution in [3.8, 4) is 11.5 Å². The van der Waals surface area contributed by atoms with E-state index in [1.54, 1.807) is 0 Å². The maximum Gasteiger partial charge on any atom is 0.345 e. The Labute approximate surface area is 172 Å². The molecule has 0 saturated heterocycles. The van der Waals surface area contributed by atoms with E-state index in [9.17, 15) is 29.8 Å². The summed E-state index contributed by atoms with van der Waals surface area (Å²) < 4.78 is 15.4. The lowest BCUT2D eigenvalue weighted by Crippen LogP contribution is -2.22.